The number of aryl methyl sites for hydroxylation is 1. The largest absolute Gasteiger partial charge is 0.340 e. The average molecular weight is 381 g/mol. The summed E-state index contributed by atoms with van der Waals surface area (Å²) >= 11 is 0. The molecule has 2 aliphatic heterocycles. The molecule has 0 aromatic heterocycles. The second kappa shape index (κ2) is 8.47. The molecule has 2 saturated heterocycles. The molecule has 0 saturated carbocycles. The van der Waals surface area contributed by atoms with Gasteiger partial charge in [0.2, 0.25) is 5.91 Å². The molecule has 144 valence electrons. The standard InChI is InChI=1S/C18H28N4O3S/c1-19-9-13-21(14-10-19)26(24,25)22-15-11-20(12-16-22)18(23)8-7-17-5-3-2-4-6-17/h2-6H,7-16H2,1H3. The third kappa shape index (κ3) is 4.62. The highest BCUT2D eigenvalue weighted by atomic mass is 32.2. The van der Waals surface area contributed by atoms with Crippen molar-refractivity contribution in [3.05, 3.63) is 35.9 Å². The number of carbonyl (C=O) groups excluding carboxylic acids is 1. The molecule has 0 bridgehead atoms. The Labute approximate surface area is 156 Å². The molecule has 0 radical (unpaired) electrons. The molecular formula is C18H28N4O3S. The highest BCUT2D eigenvalue weighted by Gasteiger charge is 2.34. The van der Waals surface area contributed by atoms with Gasteiger partial charge in [-0.15, -0.1) is 0 Å². The van der Waals surface area contributed by atoms with Gasteiger partial charge in [0.25, 0.3) is 10.2 Å². The number of benzene rings is 1. The lowest BCUT2D eigenvalue weighted by molar-refractivity contribution is -0.132. The van der Waals surface area contributed by atoms with Gasteiger partial charge in [0.05, 0.1) is 0 Å². The molecule has 0 N–H and O–H groups in total. The Morgan fingerprint density at radius 1 is 0.885 bits per heavy atom. The SMILES string of the molecule is CN1CCN(S(=O)(=O)N2CCN(C(=O)CCc3ccccc3)CC2)CC1. The lowest BCUT2D eigenvalue weighted by Gasteiger charge is -2.39. The minimum absolute atomic E-state index is 0.102. The molecule has 1 aromatic carbocycles. The van der Waals surface area contributed by atoms with E-state index in [0.717, 1.165) is 25.1 Å². The van der Waals surface area contributed by atoms with Crippen molar-refractivity contribution < 1.29 is 13.2 Å². The fourth-order valence-electron chi connectivity index (χ4n) is 3.40. The van der Waals surface area contributed by atoms with Crippen molar-refractivity contribution in [3.8, 4) is 0 Å². The van der Waals surface area contributed by atoms with Crippen LogP contribution in [0.15, 0.2) is 30.3 Å². The highest BCUT2D eigenvalue weighted by molar-refractivity contribution is 7.86. The van der Waals surface area contributed by atoms with Crippen LogP contribution in [-0.2, 0) is 21.4 Å². The van der Waals surface area contributed by atoms with Crippen molar-refractivity contribution in [2.45, 2.75) is 12.8 Å². The van der Waals surface area contributed by atoms with Crippen LogP contribution in [0.4, 0.5) is 0 Å². The lowest BCUT2D eigenvalue weighted by Crippen LogP contribution is -2.57. The fourth-order valence-corrected chi connectivity index (χ4v) is 4.98. The van der Waals surface area contributed by atoms with Crippen molar-refractivity contribution in [3.63, 3.8) is 0 Å². The Morgan fingerprint density at radius 2 is 1.42 bits per heavy atom. The molecule has 7 nitrogen and oxygen atoms in total. The number of carbonyl (C=O) groups is 1. The predicted molar refractivity (Wildman–Crippen MR) is 101 cm³/mol. The maximum absolute atomic E-state index is 12.8. The summed E-state index contributed by atoms with van der Waals surface area (Å²) in [6.07, 6.45) is 1.19. The molecule has 2 aliphatic rings. The molecule has 0 atom stereocenters. The van der Waals surface area contributed by atoms with Crippen LogP contribution < -0.4 is 0 Å². The molecule has 0 aliphatic carbocycles. The van der Waals surface area contributed by atoms with Gasteiger partial charge < -0.3 is 9.80 Å². The monoisotopic (exact) mass is 380 g/mol. The van der Waals surface area contributed by atoms with E-state index in [2.05, 4.69) is 4.90 Å². The minimum atomic E-state index is -3.41. The zero-order valence-electron chi connectivity index (χ0n) is 15.4. The van der Waals surface area contributed by atoms with Crippen LogP contribution in [0.2, 0.25) is 0 Å². The van der Waals surface area contributed by atoms with Crippen molar-refractivity contribution in [1.82, 2.24) is 18.4 Å². The molecule has 0 spiro atoms. The summed E-state index contributed by atoms with van der Waals surface area (Å²) < 4.78 is 28.6. The number of piperazine rings is 2. The number of hydrogen-bond acceptors (Lipinski definition) is 4. The molecule has 2 fully saturated rings. The van der Waals surface area contributed by atoms with Crippen LogP contribution >= 0.6 is 0 Å². The minimum Gasteiger partial charge on any atom is -0.340 e. The molecule has 1 amide bonds. The number of amides is 1. The third-order valence-electron chi connectivity index (χ3n) is 5.18. The smallest absolute Gasteiger partial charge is 0.282 e. The quantitative estimate of drug-likeness (QED) is 0.735. The molecule has 26 heavy (non-hydrogen) atoms. The molecule has 3 rings (SSSR count). The van der Waals surface area contributed by atoms with E-state index in [4.69, 9.17) is 0 Å². The van der Waals surface area contributed by atoms with Crippen molar-refractivity contribution >= 4 is 16.1 Å². The van der Waals surface area contributed by atoms with E-state index in [9.17, 15) is 13.2 Å². The zero-order chi connectivity index (χ0) is 18.6. The van der Waals surface area contributed by atoms with E-state index in [1.165, 1.54) is 4.31 Å². The molecular weight excluding hydrogens is 352 g/mol. The number of rotatable bonds is 5. The van der Waals surface area contributed by atoms with Crippen LogP contribution in [0.25, 0.3) is 0 Å². The maximum Gasteiger partial charge on any atom is 0.282 e. The van der Waals surface area contributed by atoms with Gasteiger partial charge in [0.1, 0.15) is 0 Å². The van der Waals surface area contributed by atoms with Gasteiger partial charge in [-0.1, -0.05) is 30.3 Å². The first kappa shape index (κ1) is 19.3. The Bertz CT molecular complexity index is 694. The first-order valence-electron chi connectivity index (χ1n) is 9.22. The number of hydrogen-bond donors (Lipinski definition) is 0. The third-order valence-corrected chi connectivity index (χ3v) is 7.21. The highest BCUT2D eigenvalue weighted by Crippen LogP contribution is 2.15. The van der Waals surface area contributed by atoms with Gasteiger partial charge >= 0.3 is 0 Å². The summed E-state index contributed by atoms with van der Waals surface area (Å²) in [5, 5.41) is 0. The Kier molecular flexibility index (Phi) is 6.29. The molecule has 8 heteroatoms. The average Bonchev–Trinajstić information content (AvgIpc) is 2.67. The predicted octanol–water partition coefficient (Wildman–Crippen LogP) is 0.256. The number of nitrogens with zero attached hydrogens (tertiary/aromatic N) is 4. The van der Waals surface area contributed by atoms with E-state index in [1.807, 2.05) is 37.4 Å². The Hall–Kier alpha value is -1.48. The summed E-state index contributed by atoms with van der Waals surface area (Å²) in [7, 11) is -1.41. The van der Waals surface area contributed by atoms with Crippen molar-refractivity contribution in [2.24, 2.45) is 0 Å². The van der Waals surface area contributed by atoms with Crippen molar-refractivity contribution in [2.75, 3.05) is 59.4 Å². The van der Waals surface area contributed by atoms with Gasteiger partial charge in [0.15, 0.2) is 0 Å². The van der Waals surface area contributed by atoms with Crippen LogP contribution in [-0.4, -0.2) is 92.1 Å². The lowest BCUT2D eigenvalue weighted by atomic mass is 10.1. The molecule has 2 heterocycles. The topological polar surface area (TPSA) is 64.2 Å². The van der Waals surface area contributed by atoms with Gasteiger partial charge in [-0.05, 0) is 19.0 Å². The van der Waals surface area contributed by atoms with Crippen LogP contribution in [0, 0.1) is 0 Å². The first-order chi connectivity index (χ1) is 12.5. The van der Waals surface area contributed by atoms with Gasteiger partial charge in [-0.2, -0.15) is 17.0 Å². The molecule has 1 aromatic rings. The first-order valence-corrected chi connectivity index (χ1v) is 10.6. The number of likely N-dealkylation sites (N-methyl/N-ethyl adjacent to an activating group) is 1. The summed E-state index contributed by atoms with van der Waals surface area (Å²) in [5.74, 6) is 0.102. The van der Waals surface area contributed by atoms with Crippen molar-refractivity contribution in [1.29, 1.82) is 0 Å². The van der Waals surface area contributed by atoms with Crippen LogP contribution in [0.5, 0.6) is 0 Å². The van der Waals surface area contributed by atoms with Gasteiger partial charge in [0, 0.05) is 58.8 Å². The van der Waals surface area contributed by atoms with E-state index in [-0.39, 0.29) is 5.91 Å². The van der Waals surface area contributed by atoms with Crippen LogP contribution in [0.3, 0.4) is 0 Å². The van der Waals surface area contributed by atoms with E-state index >= 15 is 0 Å². The molecule has 0 unspecified atom stereocenters. The summed E-state index contributed by atoms with van der Waals surface area (Å²) in [4.78, 5) is 16.3. The second-order valence-corrected chi connectivity index (χ2v) is 8.90. The van der Waals surface area contributed by atoms with E-state index in [0.29, 0.717) is 45.7 Å². The summed E-state index contributed by atoms with van der Waals surface area (Å²) in [6.45, 7) is 4.30. The van der Waals surface area contributed by atoms with Crippen LogP contribution in [0.1, 0.15) is 12.0 Å². The maximum atomic E-state index is 12.8. The normalized spacial score (nSPS) is 21.0. The zero-order valence-corrected chi connectivity index (χ0v) is 16.2. The second-order valence-electron chi connectivity index (χ2n) is 6.98. The summed E-state index contributed by atoms with van der Waals surface area (Å²) in [6, 6.07) is 9.95. The Morgan fingerprint density at radius 3 is 2.00 bits per heavy atom. The van der Waals surface area contributed by atoms with Gasteiger partial charge in [-0.3, -0.25) is 4.79 Å². The fraction of sp³-hybridized carbons (Fsp3) is 0.611. The van der Waals surface area contributed by atoms with Gasteiger partial charge in [-0.25, -0.2) is 0 Å². The van der Waals surface area contributed by atoms with E-state index in [1.54, 1.807) is 9.21 Å². The Balaban J connectivity index is 1.48. The summed E-state index contributed by atoms with van der Waals surface area (Å²) in [5.41, 5.74) is 1.15. The van der Waals surface area contributed by atoms with E-state index < -0.39 is 10.2 Å².